The van der Waals surface area contributed by atoms with Crippen LogP contribution in [-0.2, 0) is 11.3 Å². The van der Waals surface area contributed by atoms with Crippen LogP contribution < -0.4 is 4.74 Å². The van der Waals surface area contributed by atoms with Gasteiger partial charge in [-0.2, -0.15) is 10.2 Å². The van der Waals surface area contributed by atoms with Gasteiger partial charge >= 0.3 is 5.97 Å². The van der Waals surface area contributed by atoms with Crippen LogP contribution in [0.25, 0.3) is 22.2 Å². The van der Waals surface area contributed by atoms with Gasteiger partial charge in [0.2, 0.25) is 0 Å². The van der Waals surface area contributed by atoms with Crippen molar-refractivity contribution < 1.29 is 21.1 Å². The highest BCUT2D eigenvalue weighted by Gasteiger charge is 2.19. The van der Waals surface area contributed by atoms with E-state index in [0.29, 0.717) is 16.6 Å². The molecule has 6 heteroatoms. The molecule has 0 fully saturated rings. The van der Waals surface area contributed by atoms with Crippen molar-refractivity contribution in [2.45, 2.75) is 13.4 Å². The smallest absolute Gasteiger partial charge is 0.340 e. The van der Waals surface area contributed by atoms with Crippen molar-refractivity contribution in [1.82, 2.24) is 9.55 Å². The largest absolute Gasteiger partial charge is 0.465 e. The van der Waals surface area contributed by atoms with E-state index in [9.17, 15) is 10.1 Å². The van der Waals surface area contributed by atoms with Gasteiger partial charge in [-0.15, -0.1) is 0 Å². The summed E-state index contributed by atoms with van der Waals surface area (Å²) in [6.45, 7) is -6.00. The van der Waals surface area contributed by atoms with E-state index in [-0.39, 0.29) is 18.1 Å². The Bertz CT molecular complexity index is 1470. The number of hydrogen-bond donors (Lipinski definition) is 0. The van der Waals surface area contributed by atoms with Gasteiger partial charge in [0.1, 0.15) is 0 Å². The number of benzene rings is 3. The van der Waals surface area contributed by atoms with Crippen LogP contribution in [0.1, 0.15) is 35.2 Å². The molecule has 4 aromatic rings. The Morgan fingerprint density at radius 3 is 2.71 bits per heavy atom. The van der Waals surface area contributed by atoms with E-state index in [4.69, 9.17) is 16.3 Å². The number of imidazole rings is 1. The van der Waals surface area contributed by atoms with Crippen LogP contribution in [0.2, 0.25) is 0 Å². The predicted octanol–water partition coefficient (Wildman–Crippen LogP) is 4.81. The fraction of sp³-hybridized carbons (Fsp3) is 0.160. The van der Waals surface area contributed by atoms with Gasteiger partial charge in [-0.05, 0) is 41.7 Å². The first kappa shape index (κ1) is 14.8. The van der Waals surface area contributed by atoms with Gasteiger partial charge in [-0.1, -0.05) is 48.5 Å². The molecule has 0 saturated heterocycles. The molecule has 0 atom stereocenters. The standard InChI is InChI=1S/C25H21N3O3/c1-3-31-25-27-22-10-6-9-21(24(29)30-2)23(22)28(25)16-17-11-13-18(14-12-17)20-8-5-4-7-19(20)15-26/h4-14H,3,16H2,1-2H3/i1D3,3D2. The van der Waals surface area contributed by atoms with Gasteiger partial charge in [0.05, 0.1) is 51.2 Å². The molecule has 0 unspecified atom stereocenters. The molecule has 4 rings (SSSR count). The highest BCUT2D eigenvalue weighted by Crippen LogP contribution is 2.28. The number of fused-ring (bicyclic) bond motifs is 1. The van der Waals surface area contributed by atoms with Gasteiger partial charge in [0.25, 0.3) is 6.01 Å². The second kappa shape index (κ2) is 8.72. The predicted molar refractivity (Wildman–Crippen MR) is 118 cm³/mol. The lowest BCUT2D eigenvalue weighted by Crippen LogP contribution is -2.09. The Morgan fingerprint density at radius 2 is 1.97 bits per heavy atom. The van der Waals surface area contributed by atoms with Gasteiger partial charge < -0.3 is 9.47 Å². The van der Waals surface area contributed by atoms with Crippen molar-refractivity contribution in [3.8, 4) is 23.2 Å². The van der Waals surface area contributed by atoms with E-state index in [2.05, 4.69) is 11.1 Å². The molecule has 0 aliphatic heterocycles. The van der Waals surface area contributed by atoms with Crippen LogP contribution in [0.5, 0.6) is 6.01 Å². The Morgan fingerprint density at radius 1 is 1.16 bits per heavy atom. The van der Waals surface area contributed by atoms with Crippen LogP contribution in [0, 0.1) is 11.3 Å². The molecule has 0 spiro atoms. The number of carbonyl (C=O) groups excluding carboxylic acids is 1. The summed E-state index contributed by atoms with van der Waals surface area (Å²) in [6.07, 6.45) is 0. The first-order chi connectivity index (χ1) is 17.1. The third-order valence-corrected chi connectivity index (χ3v) is 4.93. The van der Waals surface area contributed by atoms with E-state index in [1.54, 1.807) is 24.3 Å². The van der Waals surface area contributed by atoms with Gasteiger partial charge in [0, 0.05) is 4.11 Å². The van der Waals surface area contributed by atoms with Crippen molar-refractivity contribution in [3.05, 3.63) is 83.4 Å². The summed E-state index contributed by atoms with van der Waals surface area (Å²) in [6, 6.07) is 21.2. The van der Waals surface area contributed by atoms with Crippen molar-refractivity contribution in [1.29, 1.82) is 5.26 Å². The molecule has 0 radical (unpaired) electrons. The molecule has 0 N–H and O–H groups in total. The molecule has 31 heavy (non-hydrogen) atoms. The fourth-order valence-corrected chi connectivity index (χ4v) is 3.51. The maximum atomic E-state index is 12.5. The topological polar surface area (TPSA) is 77.1 Å². The normalized spacial score (nSPS) is 13.9. The van der Waals surface area contributed by atoms with Gasteiger partial charge in [0.15, 0.2) is 0 Å². The Labute approximate surface area is 187 Å². The Hall–Kier alpha value is -4.11. The number of hydrogen-bond acceptors (Lipinski definition) is 5. The highest BCUT2D eigenvalue weighted by atomic mass is 16.5. The lowest BCUT2D eigenvalue weighted by molar-refractivity contribution is 0.0602. The quantitative estimate of drug-likeness (QED) is 0.422. The number of nitrogens with zero attached hydrogens (tertiary/aromatic N) is 3. The minimum Gasteiger partial charge on any atom is -0.465 e. The third kappa shape index (κ3) is 3.86. The van der Waals surface area contributed by atoms with Crippen molar-refractivity contribution >= 4 is 17.0 Å². The third-order valence-electron chi connectivity index (χ3n) is 4.93. The summed E-state index contributed by atoms with van der Waals surface area (Å²) in [5, 5.41) is 9.40. The lowest BCUT2D eigenvalue weighted by atomic mass is 9.99. The molecule has 6 nitrogen and oxygen atoms in total. The molecule has 0 amide bonds. The van der Waals surface area contributed by atoms with Crippen LogP contribution in [0.15, 0.2) is 66.7 Å². The fourth-order valence-electron chi connectivity index (χ4n) is 3.51. The Kier molecular flexibility index (Phi) is 4.16. The number of ether oxygens (including phenoxy) is 2. The highest BCUT2D eigenvalue weighted by molar-refractivity contribution is 6.02. The number of esters is 1. The first-order valence-electron chi connectivity index (χ1n) is 11.9. The van der Waals surface area contributed by atoms with Crippen LogP contribution >= 0.6 is 0 Å². The molecule has 0 bridgehead atoms. The summed E-state index contributed by atoms with van der Waals surface area (Å²) >= 11 is 0. The second-order valence-corrected chi connectivity index (χ2v) is 6.70. The molecule has 154 valence electrons. The van der Waals surface area contributed by atoms with E-state index in [1.165, 1.54) is 17.7 Å². The van der Waals surface area contributed by atoms with Gasteiger partial charge in [-0.3, -0.25) is 4.57 Å². The number of rotatable bonds is 6. The van der Waals surface area contributed by atoms with E-state index in [0.717, 1.165) is 16.7 Å². The zero-order valence-corrected chi connectivity index (χ0v) is 16.6. The van der Waals surface area contributed by atoms with Crippen molar-refractivity contribution in [3.63, 3.8) is 0 Å². The zero-order valence-electron chi connectivity index (χ0n) is 21.6. The minimum absolute atomic E-state index is 0.0943. The van der Waals surface area contributed by atoms with Crippen LogP contribution in [0.3, 0.4) is 0 Å². The summed E-state index contributed by atoms with van der Waals surface area (Å²) < 4.78 is 49.9. The Balaban J connectivity index is 1.80. The zero-order chi connectivity index (χ0) is 26.1. The number of methoxy groups -OCH3 is 1. The second-order valence-electron chi connectivity index (χ2n) is 6.70. The molecular weight excluding hydrogens is 390 g/mol. The molecule has 1 heterocycles. The minimum atomic E-state index is -3.07. The molecule has 0 aliphatic rings. The monoisotopic (exact) mass is 416 g/mol. The van der Waals surface area contributed by atoms with E-state index >= 15 is 0 Å². The number of aromatic nitrogens is 2. The number of nitriles is 1. The summed E-state index contributed by atoms with van der Waals surface area (Å²) in [5.74, 6) is -0.629. The number of carbonyl (C=O) groups is 1. The van der Waals surface area contributed by atoms with Crippen LogP contribution in [-0.4, -0.2) is 29.2 Å². The molecule has 0 saturated carbocycles. The maximum absolute atomic E-state index is 12.5. The van der Waals surface area contributed by atoms with Gasteiger partial charge in [-0.25, -0.2) is 4.79 Å². The van der Waals surface area contributed by atoms with Crippen molar-refractivity contribution in [2.24, 2.45) is 0 Å². The molecule has 1 aromatic heterocycles. The summed E-state index contributed by atoms with van der Waals surface area (Å²) in [7, 11) is 1.24. The van der Waals surface area contributed by atoms with E-state index in [1.807, 2.05) is 36.4 Å². The lowest BCUT2D eigenvalue weighted by Gasteiger charge is -2.12. The average molecular weight is 416 g/mol. The number of para-hydroxylation sites is 1. The maximum Gasteiger partial charge on any atom is 0.340 e. The van der Waals surface area contributed by atoms with Crippen molar-refractivity contribution in [2.75, 3.05) is 13.7 Å². The molecule has 3 aromatic carbocycles. The summed E-state index contributed by atoms with van der Waals surface area (Å²) in [5.41, 5.74) is 3.70. The molecule has 0 aliphatic carbocycles. The SMILES string of the molecule is [2H]C([2H])([2H])C([2H])([2H])Oc1nc2cccc(C(=O)OC)c2n1Cc1ccc(-c2ccccc2C#N)cc1. The average Bonchev–Trinajstić information content (AvgIpc) is 3.19. The van der Waals surface area contributed by atoms with Crippen LogP contribution in [0.4, 0.5) is 0 Å². The van der Waals surface area contributed by atoms with E-state index < -0.39 is 19.4 Å². The first-order valence-corrected chi connectivity index (χ1v) is 9.41. The summed E-state index contributed by atoms with van der Waals surface area (Å²) in [4.78, 5) is 16.7. The molecular formula is C25H21N3O3.